The maximum atomic E-state index is 13.8. The smallest absolute Gasteiger partial charge is 0.260 e. The average molecular weight is 521 g/mol. The number of hydrogen-bond donors (Lipinski definition) is 2. The number of carbonyl (C=O) groups excluding carboxylic acids is 1. The van der Waals surface area contributed by atoms with Crippen molar-refractivity contribution in [1.29, 1.82) is 0 Å². The number of carbonyl (C=O) groups is 1. The Morgan fingerprint density at radius 1 is 1.14 bits per heavy atom. The van der Waals surface area contributed by atoms with E-state index in [2.05, 4.69) is 32.2 Å². The van der Waals surface area contributed by atoms with Gasteiger partial charge in [0.05, 0.1) is 31.1 Å². The Morgan fingerprint density at radius 3 is 2.59 bits per heavy atom. The summed E-state index contributed by atoms with van der Waals surface area (Å²) in [5.41, 5.74) is 2.27. The van der Waals surface area contributed by atoms with Crippen LogP contribution < -0.4 is 25.7 Å². The van der Waals surface area contributed by atoms with Crippen LogP contribution in [0.3, 0.4) is 0 Å². The predicted molar refractivity (Wildman–Crippen MR) is 144 cm³/mol. The Hall–Kier alpha value is -4.44. The fourth-order valence-electron chi connectivity index (χ4n) is 3.78. The molecule has 0 bridgehead atoms. The minimum absolute atomic E-state index is 0.285. The lowest BCUT2D eigenvalue weighted by Gasteiger charge is -2.15. The van der Waals surface area contributed by atoms with Gasteiger partial charge in [0.2, 0.25) is 11.9 Å². The maximum absolute atomic E-state index is 13.8. The van der Waals surface area contributed by atoms with E-state index in [-0.39, 0.29) is 23.0 Å². The van der Waals surface area contributed by atoms with Crippen LogP contribution in [-0.4, -0.2) is 46.7 Å². The van der Waals surface area contributed by atoms with Crippen LogP contribution in [0.1, 0.15) is 5.69 Å². The van der Waals surface area contributed by atoms with Crippen LogP contribution in [0.25, 0.3) is 22.2 Å². The largest absolute Gasteiger partial charge is 0.497 e. The van der Waals surface area contributed by atoms with Gasteiger partial charge in [0.25, 0.3) is 5.56 Å². The van der Waals surface area contributed by atoms with Gasteiger partial charge in [-0.2, -0.15) is 4.98 Å². The van der Waals surface area contributed by atoms with E-state index in [1.54, 1.807) is 54.3 Å². The highest BCUT2D eigenvalue weighted by Crippen LogP contribution is 2.38. The van der Waals surface area contributed by atoms with E-state index in [0.29, 0.717) is 51.7 Å². The molecule has 190 valence electrons. The number of rotatable bonds is 9. The molecule has 2 N–H and O–H groups in total. The number of ether oxygens (including phenoxy) is 2. The maximum Gasteiger partial charge on any atom is 0.260 e. The molecule has 1 amide bonds. The van der Waals surface area contributed by atoms with Gasteiger partial charge in [-0.25, -0.2) is 4.98 Å². The van der Waals surface area contributed by atoms with E-state index in [4.69, 9.17) is 21.1 Å². The molecule has 10 nitrogen and oxygen atoms in total. The number of pyridine rings is 2. The molecule has 0 saturated carbocycles. The third-order valence-electron chi connectivity index (χ3n) is 5.68. The number of nitrogens with one attached hydrogen (secondary N) is 2. The van der Waals surface area contributed by atoms with E-state index >= 15 is 0 Å². The van der Waals surface area contributed by atoms with Gasteiger partial charge in [-0.15, -0.1) is 0 Å². The third kappa shape index (κ3) is 5.39. The molecule has 0 aliphatic carbocycles. The lowest BCUT2D eigenvalue weighted by Crippen LogP contribution is -2.24. The van der Waals surface area contributed by atoms with Crippen molar-refractivity contribution in [2.24, 2.45) is 0 Å². The van der Waals surface area contributed by atoms with Gasteiger partial charge in [0.1, 0.15) is 17.1 Å². The third-order valence-corrected chi connectivity index (χ3v) is 6.07. The molecule has 11 heteroatoms. The number of hydrogen-bond acceptors (Lipinski definition) is 8. The normalized spacial score (nSPS) is 10.7. The first-order chi connectivity index (χ1) is 17.9. The fourth-order valence-corrected chi connectivity index (χ4v) is 4.07. The van der Waals surface area contributed by atoms with Crippen LogP contribution in [-0.2, 0) is 17.8 Å². The van der Waals surface area contributed by atoms with Gasteiger partial charge >= 0.3 is 0 Å². The van der Waals surface area contributed by atoms with Gasteiger partial charge in [0.15, 0.2) is 0 Å². The van der Waals surface area contributed by atoms with Gasteiger partial charge < -0.3 is 20.1 Å². The van der Waals surface area contributed by atoms with Crippen molar-refractivity contribution in [3.8, 4) is 22.6 Å². The molecule has 0 aliphatic heterocycles. The molecule has 0 radical (unpaired) electrons. The summed E-state index contributed by atoms with van der Waals surface area (Å²) < 4.78 is 12.4. The zero-order valence-electron chi connectivity index (χ0n) is 20.5. The van der Waals surface area contributed by atoms with E-state index in [1.807, 2.05) is 0 Å². The minimum atomic E-state index is -0.322. The molecular formula is C26H25ClN6O4. The Balaban J connectivity index is 1.79. The van der Waals surface area contributed by atoms with Gasteiger partial charge in [-0.05, 0) is 30.3 Å². The quantitative estimate of drug-likeness (QED) is 0.318. The molecule has 0 aliphatic rings. The second-order valence-electron chi connectivity index (χ2n) is 7.91. The van der Waals surface area contributed by atoms with Crippen molar-refractivity contribution < 1.29 is 14.3 Å². The topological polar surface area (TPSA) is 120 Å². The molecule has 0 unspecified atom stereocenters. The van der Waals surface area contributed by atoms with Crippen LogP contribution in [0.4, 0.5) is 11.6 Å². The lowest BCUT2D eigenvalue weighted by atomic mass is 10.0. The molecule has 3 heterocycles. The average Bonchev–Trinajstić information content (AvgIpc) is 2.93. The summed E-state index contributed by atoms with van der Waals surface area (Å²) in [6, 6.07) is 8.58. The highest BCUT2D eigenvalue weighted by atomic mass is 35.5. The monoisotopic (exact) mass is 520 g/mol. The lowest BCUT2D eigenvalue weighted by molar-refractivity contribution is -0.111. The number of anilines is 2. The molecule has 4 aromatic rings. The summed E-state index contributed by atoms with van der Waals surface area (Å²) in [4.78, 5) is 38.6. The standard InChI is InChI=1S/C26H25ClN6O4/c1-5-22(34)31-17-7-6-16(29-14-17)8-9-33-24-15(13-30-26(28-2)32-24)10-20(25(33)35)19-11-18(36-3)12-21(37-4)23(19)27/h5-7,10-14H,1,8-9H2,2-4H3,(H,31,34)(H,28,30,32). The highest BCUT2D eigenvalue weighted by Gasteiger charge is 2.19. The SMILES string of the molecule is C=CC(=O)Nc1ccc(CCn2c(=O)c(-c3cc(OC)cc(OC)c3Cl)cc3cnc(NC)nc32)nc1. The molecule has 0 fully saturated rings. The molecule has 1 aromatic carbocycles. The molecule has 4 rings (SSSR count). The summed E-state index contributed by atoms with van der Waals surface area (Å²) in [6.07, 6.45) is 4.82. The van der Waals surface area contributed by atoms with Crippen LogP contribution in [0.15, 0.2) is 60.2 Å². The Bertz CT molecular complexity index is 1540. The first-order valence-electron chi connectivity index (χ1n) is 11.3. The second-order valence-corrected chi connectivity index (χ2v) is 8.29. The number of nitrogens with zero attached hydrogens (tertiary/aromatic N) is 4. The summed E-state index contributed by atoms with van der Waals surface area (Å²) in [6.45, 7) is 3.72. The summed E-state index contributed by atoms with van der Waals surface area (Å²) in [7, 11) is 4.73. The van der Waals surface area contributed by atoms with Gasteiger partial charge in [-0.1, -0.05) is 18.2 Å². The molecule has 0 spiro atoms. The number of aromatic nitrogens is 4. The zero-order valence-corrected chi connectivity index (χ0v) is 21.3. The van der Waals surface area contributed by atoms with E-state index < -0.39 is 0 Å². The van der Waals surface area contributed by atoms with Crippen molar-refractivity contribution in [1.82, 2.24) is 19.5 Å². The molecule has 0 atom stereocenters. The molecule has 37 heavy (non-hydrogen) atoms. The van der Waals surface area contributed by atoms with Gasteiger partial charge in [-0.3, -0.25) is 19.1 Å². The molecule has 0 saturated heterocycles. The predicted octanol–water partition coefficient (Wildman–Crippen LogP) is 3.93. The van der Waals surface area contributed by atoms with E-state index in [9.17, 15) is 9.59 Å². The zero-order chi connectivity index (χ0) is 26.5. The summed E-state index contributed by atoms with van der Waals surface area (Å²) in [5, 5.41) is 6.51. The Kier molecular flexibility index (Phi) is 7.69. The van der Waals surface area contributed by atoms with Crippen molar-refractivity contribution >= 4 is 40.2 Å². The highest BCUT2D eigenvalue weighted by molar-refractivity contribution is 6.35. The molecular weight excluding hydrogens is 496 g/mol. The number of aryl methyl sites for hydroxylation is 2. The van der Waals surface area contributed by atoms with Crippen molar-refractivity contribution in [2.75, 3.05) is 31.9 Å². The van der Waals surface area contributed by atoms with Crippen molar-refractivity contribution in [3.63, 3.8) is 0 Å². The van der Waals surface area contributed by atoms with E-state index in [1.165, 1.54) is 20.3 Å². The fraction of sp³-hybridized carbons (Fsp3) is 0.192. The Morgan fingerprint density at radius 2 is 1.95 bits per heavy atom. The Labute approximate surface area is 217 Å². The van der Waals surface area contributed by atoms with Crippen LogP contribution in [0.2, 0.25) is 5.02 Å². The molecule has 3 aromatic heterocycles. The van der Waals surface area contributed by atoms with Crippen LogP contribution in [0.5, 0.6) is 11.5 Å². The number of halogens is 1. The number of amides is 1. The van der Waals surface area contributed by atoms with Gasteiger partial charge in [0, 0.05) is 54.5 Å². The van der Waals surface area contributed by atoms with Crippen molar-refractivity contribution in [3.05, 3.63) is 76.5 Å². The first kappa shape index (κ1) is 25.6. The number of fused-ring (bicyclic) bond motifs is 1. The van der Waals surface area contributed by atoms with Crippen LogP contribution >= 0.6 is 11.6 Å². The van der Waals surface area contributed by atoms with Crippen molar-refractivity contribution in [2.45, 2.75) is 13.0 Å². The summed E-state index contributed by atoms with van der Waals surface area (Å²) in [5.74, 6) is 0.945. The van der Waals surface area contributed by atoms with E-state index in [0.717, 1.165) is 5.69 Å². The van der Waals surface area contributed by atoms with Crippen LogP contribution in [0, 0.1) is 0 Å². The number of methoxy groups -OCH3 is 2. The number of benzene rings is 1. The minimum Gasteiger partial charge on any atom is -0.497 e. The summed E-state index contributed by atoms with van der Waals surface area (Å²) >= 11 is 6.61. The second kappa shape index (κ2) is 11.1. The first-order valence-corrected chi connectivity index (χ1v) is 11.6.